The van der Waals surface area contributed by atoms with Crippen LogP contribution in [0.2, 0.25) is 0 Å². The molecule has 0 radical (unpaired) electrons. The van der Waals surface area contributed by atoms with E-state index >= 15 is 0 Å². The molecule has 1 saturated heterocycles. The van der Waals surface area contributed by atoms with Crippen LogP contribution in [-0.4, -0.2) is 40.5 Å². The SMILES string of the molecule is Cc1cc(Nc2nccc(C(F)(F)F)n2)cc(-c2ccc(N3CCCNC(=O)C3)nc2)c1. The van der Waals surface area contributed by atoms with Crippen molar-refractivity contribution in [1.82, 2.24) is 20.3 Å². The molecular weight excluding hydrogens is 421 g/mol. The first-order valence-electron chi connectivity index (χ1n) is 10.0. The summed E-state index contributed by atoms with van der Waals surface area (Å²) in [5, 5.41) is 5.68. The zero-order valence-electron chi connectivity index (χ0n) is 17.3. The molecule has 1 amide bonds. The van der Waals surface area contributed by atoms with Crippen molar-refractivity contribution in [3.05, 3.63) is 60.0 Å². The van der Waals surface area contributed by atoms with Crippen molar-refractivity contribution in [3.8, 4) is 11.1 Å². The Morgan fingerprint density at radius 3 is 2.69 bits per heavy atom. The summed E-state index contributed by atoms with van der Waals surface area (Å²) in [6.07, 6.45) is -0.906. The lowest BCUT2D eigenvalue weighted by Gasteiger charge is -2.20. The average Bonchev–Trinajstić information content (AvgIpc) is 2.97. The first-order chi connectivity index (χ1) is 15.3. The van der Waals surface area contributed by atoms with Crippen molar-refractivity contribution in [2.24, 2.45) is 0 Å². The van der Waals surface area contributed by atoms with Crippen molar-refractivity contribution in [2.45, 2.75) is 19.5 Å². The van der Waals surface area contributed by atoms with E-state index in [2.05, 4.69) is 25.6 Å². The Morgan fingerprint density at radius 2 is 1.94 bits per heavy atom. The molecule has 3 aromatic rings. The number of pyridine rings is 1. The van der Waals surface area contributed by atoms with E-state index in [1.165, 1.54) is 0 Å². The summed E-state index contributed by atoms with van der Waals surface area (Å²) < 4.78 is 38.8. The molecule has 0 aliphatic carbocycles. The molecule has 0 unspecified atom stereocenters. The van der Waals surface area contributed by atoms with Gasteiger partial charge in [0.2, 0.25) is 11.9 Å². The van der Waals surface area contributed by atoms with Gasteiger partial charge in [-0.1, -0.05) is 6.07 Å². The molecule has 0 atom stereocenters. The lowest BCUT2D eigenvalue weighted by atomic mass is 10.0. The molecule has 3 heterocycles. The van der Waals surface area contributed by atoms with E-state index in [0.717, 1.165) is 41.9 Å². The third-order valence-electron chi connectivity index (χ3n) is 4.95. The Labute approximate surface area is 182 Å². The monoisotopic (exact) mass is 442 g/mol. The number of hydrogen-bond donors (Lipinski definition) is 2. The number of carbonyl (C=O) groups is 1. The summed E-state index contributed by atoms with van der Waals surface area (Å²) >= 11 is 0. The Bertz CT molecular complexity index is 1120. The fourth-order valence-corrected chi connectivity index (χ4v) is 3.47. The fraction of sp³-hybridized carbons (Fsp3) is 0.273. The van der Waals surface area contributed by atoms with Crippen LogP contribution >= 0.6 is 0 Å². The molecule has 0 spiro atoms. The molecule has 2 N–H and O–H groups in total. The number of rotatable bonds is 4. The van der Waals surface area contributed by atoms with E-state index < -0.39 is 11.9 Å². The van der Waals surface area contributed by atoms with Crippen LogP contribution in [0.3, 0.4) is 0 Å². The number of benzene rings is 1. The van der Waals surface area contributed by atoms with Crippen LogP contribution in [0.25, 0.3) is 11.1 Å². The quantitative estimate of drug-likeness (QED) is 0.637. The summed E-state index contributed by atoms with van der Waals surface area (Å²) in [6.45, 7) is 3.55. The topological polar surface area (TPSA) is 83.0 Å². The van der Waals surface area contributed by atoms with Crippen LogP contribution in [0, 0.1) is 6.92 Å². The van der Waals surface area contributed by atoms with Gasteiger partial charge < -0.3 is 15.5 Å². The van der Waals surface area contributed by atoms with E-state index in [-0.39, 0.29) is 18.4 Å². The minimum Gasteiger partial charge on any atom is -0.354 e. The van der Waals surface area contributed by atoms with Gasteiger partial charge in [-0.2, -0.15) is 13.2 Å². The molecular formula is C22H21F3N6O. The Balaban J connectivity index is 1.56. The molecule has 32 heavy (non-hydrogen) atoms. The number of nitrogens with one attached hydrogen (secondary N) is 2. The minimum absolute atomic E-state index is 0.0282. The number of aromatic nitrogens is 3. The third-order valence-corrected chi connectivity index (χ3v) is 4.95. The highest BCUT2D eigenvalue weighted by molar-refractivity contribution is 5.81. The number of amides is 1. The third kappa shape index (κ3) is 5.13. The normalized spacial score (nSPS) is 14.6. The predicted molar refractivity (Wildman–Crippen MR) is 115 cm³/mol. The van der Waals surface area contributed by atoms with Gasteiger partial charge in [-0.15, -0.1) is 0 Å². The Kier molecular flexibility index (Phi) is 5.93. The maximum Gasteiger partial charge on any atom is 0.433 e. The first-order valence-corrected chi connectivity index (χ1v) is 10.0. The standard InChI is InChI=1S/C22H21F3N6O/c1-14-9-16(11-17(10-14)29-21-27-7-5-18(30-21)22(23,24)25)15-3-4-19(28-12-15)31-8-2-6-26-20(32)13-31/h3-5,7,9-12H,2,6,8,13H2,1H3,(H,26,32)(H,27,29,30). The highest BCUT2D eigenvalue weighted by atomic mass is 19.4. The van der Waals surface area contributed by atoms with Gasteiger partial charge in [0.05, 0.1) is 6.54 Å². The Hall–Kier alpha value is -3.69. The number of aryl methyl sites for hydroxylation is 1. The molecule has 1 aromatic carbocycles. The van der Waals surface area contributed by atoms with Crippen LogP contribution in [0.1, 0.15) is 17.7 Å². The summed E-state index contributed by atoms with van der Waals surface area (Å²) in [7, 11) is 0. The van der Waals surface area contributed by atoms with E-state index in [4.69, 9.17) is 0 Å². The molecule has 4 rings (SSSR count). The van der Waals surface area contributed by atoms with Gasteiger partial charge in [0, 0.05) is 36.7 Å². The number of nitrogens with zero attached hydrogens (tertiary/aromatic N) is 4. The molecule has 1 fully saturated rings. The smallest absolute Gasteiger partial charge is 0.354 e. The molecule has 7 nitrogen and oxygen atoms in total. The highest BCUT2D eigenvalue weighted by Gasteiger charge is 2.32. The van der Waals surface area contributed by atoms with Gasteiger partial charge >= 0.3 is 6.18 Å². The van der Waals surface area contributed by atoms with Crippen molar-refractivity contribution in [1.29, 1.82) is 0 Å². The zero-order valence-corrected chi connectivity index (χ0v) is 17.3. The fourth-order valence-electron chi connectivity index (χ4n) is 3.47. The van der Waals surface area contributed by atoms with Crippen molar-refractivity contribution in [3.63, 3.8) is 0 Å². The Morgan fingerprint density at radius 1 is 1.09 bits per heavy atom. The molecule has 2 aromatic heterocycles. The largest absolute Gasteiger partial charge is 0.433 e. The molecule has 0 bridgehead atoms. The van der Waals surface area contributed by atoms with Gasteiger partial charge in [0.1, 0.15) is 11.5 Å². The van der Waals surface area contributed by atoms with Crippen molar-refractivity contribution < 1.29 is 18.0 Å². The van der Waals surface area contributed by atoms with Crippen molar-refractivity contribution in [2.75, 3.05) is 29.9 Å². The summed E-state index contributed by atoms with van der Waals surface area (Å²) in [5.41, 5.74) is 2.14. The van der Waals surface area contributed by atoms with Crippen LogP contribution in [0.5, 0.6) is 0 Å². The van der Waals surface area contributed by atoms with Crippen LogP contribution in [0.4, 0.5) is 30.6 Å². The minimum atomic E-state index is -4.54. The number of anilines is 3. The van der Waals surface area contributed by atoms with E-state index in [0.29, 0.717) is 18.1 Å². The van der Waals surface area contributed by atoms with Gasteiger partial charge in [-0.3, -0.25) is 4.79 Å². The van der Waals surface area contributed by atoms with Gasteiger partial charge in [0.15, 0.2) is 0 Å². The van der Waals surface area contributed by atoms with Crippen LogP contribution < -0.4 is 15.5 Å². The van der Waals surface area contributed by atoms with E-state index in [1.54, 1.807) is 18.3 Å². The second-order valence-electron chi connectivity index (χ2n) is 7.51. The highest BCUT2D eigenvalue weighted by Crippen LogP contribution is 2.29. The van der Waals surface area contributed by atoms with Gasteiger partial charge in [0.25, 0.3) is 0 Å². The molecule has 1 aliphatic rings. The number of carbonyl (C=O) groups excluding carboxylic acids is 1. The molecule has 166 valence electrons. The lowest BCUT2D eigenvalue weighted by molar-refractivity contribution is -0.141. The van der Waals surface area contributed by atoms with E-state index in [9.17, 15) is 18.0 Å². The number of hydrogen-bond acceptors (Lipinski definition) is 6. The second kappa shape index (κ2) is 8.81. The summed E-state index contributed by atoms with van der Waals surface area (Å²) in [5.74, 6) is 0.554. The summed E-state index contributed by atoms with van der Waals surface area (Å²) in [6, 6.07) is 10.1. The van der Waals surface area contributed by atoms with E-state index in [1.807, 2.05) is 30.0 Å². The average molecular weight is 442 g/mol. The summed E-state index contributed by atoms with van der Waals surface area (Å²) in [4.78, 5) is 25.7. The maximum atomic E-state index is 12.9. The van der Waals surface area contributed by atoms with Crippen LogP contribution in [0.15, 0.2) is 48.8 Å². The van der Waals surface area contributed by atoms with Gasteiger partial charge in [-0.05, 0) is 54.8 Å². The van der Waals surface area contributed by atoms with Crippen molar-refractivity contribution >= 4 is 23.4 Å². The molecule has 10 heteroatoms. The maximum absolute atomic E-state index is 12.9. The molecule has 1 aliphatic heterocycles. The predicted octanol–water partition coefficient (Wildman–Crippen LogP) is 3.94. The second-order valence-corrected chi connectivity index (χ2v) is 7.51. The first kappa shape index (κ1) is 21.5. The zero-order chi connectivity index (χ0) is 22.7. The molecule has 0 saturated carbocycles. The van der Waals surface area contributed by atoms with Gasteiger partial charge in [-0.25, -0.2) is 15.0 Å². The number of halogens is 3. The van der Waals surface area contributed by atoms with Crippen LogP contribution in [-0.2, 0) is 11.0 Å². The lowest BCUT2D eigenvalue weighted by Crippen LogP contribution is -2.33. The number of alkyl halides is 3.